The zero-order valence-corrected chi connectivity index (χ0v) is 16.5. The van der Waals surface area contributed by atoms with E-state index in [-0.39, 0.29) is 5.91 Å². The van der Waals surface area contributed by atoms with E-state index < -0.39 is 0 Å². The SMILES string of the molecule is CCCCN1CCN(C(=O)c2ccc(CN3CCCCCC3)cc2)CC1. The molecule has 4 nitrogen and oxygen atoms in total. The Hall–Kier alpha value is -1.39. The lowest BCUT2D eigenvalue weighted by molar-refractivity contribution is 0.0635. The van der Waals surface area contributed by atoms with Crippen LogP contribution in [0.1, 0.15) is 61.4 Å². The Balaban J connectivity index is 1.49. The van der Waals surface area contributed by atoms with Crippen LogP contribution in [0.3, 0.4) is 0 Å². The van der Waals surface area contributed by atoms with Gasteiger partial charge in [-0.15, -0.1) is 0 Å². The third kappa shape index (κ3) is 5.55. The number of hydrogen-bond donors (Lipinski definition) is 0. The maximum atomic E-state index is 12.8. The molecule has 4 heteroatoms. The van der Waals surface area contributed by atoms with Gasteiger partial charge in [0.2, 0.25) is 0 Å². The highest BCUT2D eigenvalue weighted by molar-refractivity contribution is 5.94. The third-order valence-corrected chi connectivity index (χ3v) is 5.79. The monoisotopic (exact) mass is 357 g/mol. The molecule has 2 aliphatic rings. The molecule has 1 aromatic rings. The molecule has 0 N–H and O–H groups in total. The Bertz CT molecular complexity index is 541. The number of rotatable bonds is 6. The number of nitrogens with zero attached hydrogens (tertiary/aromatic N) is 3. The first-order valence-corrected chi connectivity index (χ1v) is 10.6. The van der Waals surface area contributed by atoms with Crippen LogP contribution in [0.5, 0.6) is 0 Å². The summed E-state index contributed by atoms with van der Waals surface area (Å²) in [5.41, 5.74) is 2.17. The van der Waals surface area contributed by atoms with E-state index in [2.05, 4.69) is 28.9 Å². The van der Waals surface area contributed by atoms with Crippen LogP contribution in [0.15, 0.2) is 24.3 Å². The summed E-state index contributed by atoms with van der Waals surface area (Å²) < 4.78 is 0. The Kier molecular flexibility index (Phi) is 7.51. The second-order valence-electron chi connectivity index (χ2n) is 7.87. The number of likely N-dealkylation sites (tertiary alicyclic amines) is 1. The van der Waals surface area contributed by atoms with Gasteiger partial charge in [0, 0.05) is 38.3 Å². The number of hydrogen-bond acceptors (Lipinski definition) is 3. The lowest BCUT2D eigenvalue weighted by atomic mass is 10.1. The molecule has 0 radical (unpaired) electrons. The molecule has 2 fully saturated rings. The predicted octanol–water partition coefficient (Wildman–Crippen LogP) is 3.62. The summed E-state index contributed by atoms with van der Waals surface area (Å²) >= 11 is 0. The molecule has 2 saturated heterocycles. The van der Waals surface area contributed by atoms with Crippen molar-refractivity contribution < 1.29 is 4.79 Å². The fraction of sp³-hybridized carbons (Fsp3) is 0.682. The zero-order valence-electron chi connectivity index (χ0n) is 16.5. The number of carbonyl (C=O) groups is 1. The summed E-state index contributed by atoms with van der Waals surface area (Å²) in [5.74, 6) is 0.196. The average molecular weight is 358 g/mol. The van der Waals surface area contributed by atoms with Gasteiger partial charge >= 0.3 is 0 Å². The second kappa shape index (κ2) is 10.1. The second-order valence-corrected chi connectivity index (χ2v) is 7.87. The van der Waals surface area contributed by atoms with Crippen molar-refractivity contribution in [1.29, 1.82) is 0 Å². The molecular formula is C22H35N3O. The van der Waals surface area contributed by atoms with E-state index >= 15 is 0 Å². The van der Waals surface area contributed by atoms with Crippen LogP contribution in [0.4, 0.5) is 0 Å². The van der Waals surface area contributed by atoms with Crippen LogP contribution in [0.25, 0.3) is 0 Å². The summed E-state index contributed by atoms with van der Waals surface area (Å²) in [6, 6.07) is 8.35. The van der Waals surface area contributed by atoms with Crippen LogP contribution in [-0.4, -0.2) is 66.4 Å². The lowest BCUT2D eigenvalue weighted by Crippen LogP contribution is -2.48. The van der Waals surface area contributed by atoms with Gasteiger partial charge < -0.3 is 4.90 Å². The first-order valence-electron chi connectivity index (χ1n) is 10.6. The minimum atomic E-state index is 0.196. The van der Waals surface area contributed by atoms with Crippen molar-refractivity contribution >= 4 is 5.91 Å². The fourth-order valence-corrected chi connectivity index (χ4v) is 4.04. The van der Waals surface area contributed by atoms with Crippen LogP contribution in [0, 0.1) is 0 Å². The van der Waals surface area contributed by atoms with Crippen LogP contribution < -0.4 is 0 Å². The van der Waals surface area contributed by atoms with Gasteiger partial charge in [-0.25, -0.2) is 0 Å². The minimum Gasteiger partial charge on any atom is -0.336 e. The van der Waals surface area contributed by atoms with E-state index in [1.165, 1.54) is 63.7 Å². The Morgan fingerprint density at radius 3 is 2.12 bits per heavy atom. The minimum absolute atomic E-state index is 0.196. The van der Waals surface area contributed by atoms with Crippen molar-refractivity contribution in [2.45, 2.75) is 52.0 Å². The number of carbonyl (C=O) groups excluding carboxylic acids is 1. The highest BCUT2D eigenvalue weighted by Crippen LogP contribution is 2.15. The molecule has 0 atom stereocenters. The van der Waals surface area contributed by atoms with E-state index in [9.17, 15) is 4.79 Å². The first-order chi connectivity index (χ1) is 12.8. The molecule has 0 aromatic heterocycles. The van der Waals surface area contributed by atoms with Crippen molar-refractivity contribution in [2.24, 2.45) is 0 Å². The van der Waals surface area contributed by atoms with Crippen molar-refractivity contribution in [2.75, 3.05) is 45.8 Å². The smallest absolute Gasteiger partial charge is 0.253 e. The molecule has 0 saturated carbocycles. The van der Waals surface area contributed by atoms with Gasteiger partial charge in [0.1, 0.15) is 0 Å². The Labute approximate surface area is 159 Å². The summed E-state index contributed by atoms with van der Waals surface area (Å²) in [5, 5.41) is 0. The van der Waals surface area contributed by atoms with Gasteiger partial charge in [0.25, 0.3) is 5.91 Å². The highest BCUT2D eigenvalue weighted by Gasteiger charge is 2.21. The summed E-state index contributed by atoms with van der Waals surface area (Å²) in [4.78, 5) is 19.8. The average Bonchev–Trinajstić information content (AvgIpc) is 2.95. The van der Waals surface area contributed by atoms with Crippen molar-refractivity contribution in [3.05, 3.63) is 35.4 Å². The zero-order chi connectivity index (χ0) is 18.2. The van der Waals surface area contributed by atoms with Gasteiger partial charge in [0.15, 0.2) is 0 Å². The van der Waals surface area contributed by atoms with Crippen LogP contribution in [-0.2, 0) is 6.54 Å². The first kappa shape index (κ1) is 19.4. The van der Waals surface area contributed by atoms with Crippen LogP contribution >= 0.6 is 0 Å². The van der Waals surface area contributed by atoms with Gasteiger partial charge in [0.05, 0.1) is 0 Å². The summed E-state index contributed by atoms with van der Waals surface area (Å²) in [6.45, 7) is 10.6. The maximum Gasteiger partial charge on any atom is 0.253 e. The predicted molar refractivity (Wildman–Crippen MR) is 107 cm³/mol. The van der Waals surface area contributed by atoms with E-state index in [4.69, 9.17) is 0 Å². The third-order valence-electron chi connectivity index (χ3n) is 5.79. The van der Waals surface area contributed by atoms with E-state index in [1.807, 2.05) is 17.0 Å². The molecule has 2 heterocycles. The van der Waals surface area contributed by atoms with Crippen molar-refractivity contribution in [3.63, 3.8) is 0 Å². The normalized spacial score (nSPS) is 20.1. The van der Waals surface area contributed by atoms with Gasteiger partial charge in [-0.1, -0.05) is 38.3 Å². The summed E-state index contributed by atoms with van der Waals surface area (Å²) in [7, 11) is 0. The van der Waals surface area contributed by atoms with Crippen LogP contribution in [0.2, 0.25) is 0 Å². The lowest BCUT2D eigenvalue weighted by Gasteiger charge is -2.34. The Morgan fingerprint density at radius 2 is 1.50 bits per heavy atom. The molecule has 0 bridgehead atoms. The molecule has 2 aliphatic heterocycles. The van der Waals surface area contributed by atoms with Gasteiger partial charge in [-0.2, -0.15) is 0 Å². The van der Waals surface area contributed by atoms with Crippen molar-refractivity contribution in [3.8, 4) is 0 Å². The standard InChI is InChI=1S/C22H35N3O/c1-2-3-12-23-15-17-25(18-16-23)22(26)21-10-8-20(9-11-21)19-24-13-6-4-5-7-14-24/h8-11H,2-7,12-19H2,1H3. The quantitative estimate of drug-likeness (QED) is 0.778. The molecular weight excluding hydrogens is 322 g/mol. The fourth-order valence-electron chi connectivity index (χ4n) is 4.04. The number of benzene rings is 1. The number of piperazine rings is 1. The largest absolute Gasteiger partial charge is 0.336 e. The molecule has 0 spiro atoms. The highest BCUT2D eigenvalue weighted by atomic mass is 16.2. The maximum absolute atomic E-state index is 12.8. The molecule has 26 heavy (non-hydrogen) atoms. The Morgan fingerprint density at radius 1 is 0.846 bits per heavy atom. The molecule has 1 aromatic carbocycles. The molecule has 0 aliphatic carbocycles. The molecule has 1 amide bonds. The van der Waals surface area contributed by atoms with E-state index in [0.29, 0.717) is 0 Å². The topological polar surface area (TPSA) is 26.8 Å². The van der Waals surface area contributed by atoms with E-state index in [0.717, 1.165) is 38.3 Å². The number of unbranched alkanes of at least 4 members (excludes halogenated alkanes) is 1. The summed E-state index contributed by atoms with van der Waals surface area (Å²) in [6.07, 6.45) is 7.88. The molecule has 3 rings (SSSR count). The van der Waals surface area contributed by atoms with Gasteiger partial charge in [-0.3, -0.25) is 14.6 Å². The van der Waals surface area contributed by atoms with Crippen molar-refractivity contribution in [1.82, 2.24) is 14.7 Å². The molecule has 0 unspecified atom stereocenters. The number of amides is 1. The molecule has 144 valence electrons. The van der Waals surface area contributed by atoms with Gasteiger partial charge in [-0.05, 0) is 56.6 Å². The van der Waals surface area contributed by atoms with E-state index in [1.54, 1.807) is 0 Å².